The average Bonchev–Trinajstić information content (AvgIpc) is 2.63. The standard InChI is InChI=1S/C20H31ClN2O3/c1-4-22(5-2)13-7-14-23(15-12-20(25)26-6-3)19(24)16-17-8-10-18(21)11-9-17/h8-11H,4-7,12-16H2,1-3H3. The van der Waals surface area contributed by atoms with Crippen LogP contribution in [-0.2, 0) is 20.7 Å². The second-order valence-corrected chi connectivity index (χ2v) is 6.56. The van der Waals surface area contributed by atoms with Gasteiger partial charge in [-0.1, -0.05) is 37.6 Å². The molecule has 6 heteroatoms. The lowest BCUT2D eigenvalue weighted by Gasteiger charge is -2.25. The van der Waals surface area contributed by atoms with Crippen molar-refractivity contribution >= 4 is 23.5 Å². The Hall–Kier alpha value is -1.59. The first-order valence-corrected chi connectivity index (χ1v) is 9.78. The molecule has 0 aliphatic carbocycles. The van der Waals surface area contributed by atoms with Gasteiger partial charge in [-0.25, -0.2) is 0 Å². The average molecular weight is 383 g/mol. The number of benzene rings is 1. The molecule has 0 bridgehead atoms. The molecule has 0 heterocycles. The number of hydrogen-bond donors (Lipinski definition) is 0. The fourth-order valence-electron chi connectivity index (χ4n) is 2.73. The predicted octanol–water partition coefficient (Wildman–Crippen LogP) is 3.40. The van der Waals surface area contributed by atoms with Crippen molar-refractivity contribution in [2.24, 2.45) is 0 Å². The summed E-state index contributed by atoms with van der Waals surface area (Å²) >= 11 is 5.90. The Kier molecular flexibility index (Phi) is 11.0. The SMILES string of the molecule is CCOC(=O)CCN(CCCN(CC)CC)C(=O)Cc1ccc(Cl)cc1. The maximum Gasteiger partial charge on any atom is 0.307 e. The maximum atomic E-state index is 12.7. The molecular weight excluding hydrogens is 352 g/mol. The summed E-state index contributed by atoms with van der Waals surface area (Å²) < 4.78 is 4.98. The lowest BCUT2D eigenvalue weighted by Crippen LogP contribution is -2.37. The van der Waals surface area contributed by atoms with Gasteiger partial charge in [0.25, 0.3) is 0 Å². The number of ether oxygens (including phenoxy) is 1. The molecule has 0 spiro atoms. The van der Waals surface area contributed by atoms with Gasteiger partial charge in [-0.05, 0) is 50.7 Å². The molecule has 1 amide bonds. The summed E-state index contributed by atoms with van der Waals surface area (Å²) in [5.41, 5.74) is 0.921. The Morgan fingerprint density at radius 1 is 1.00 bits per heavy atom. The first-order valence-electron chi connectivity index (χ1n) is 9.40. The van der Waals surface area contributed by atoms with Gasteiger partial charge in [-0.3, -0.25) is 9.59 Å². The Labute approximate surface area is 162 Å². The number of carbonyl (C=O) groups excluding carboxylic acids is 2. The first kappa shape index (κ1) is 22.5. The van der Waals surface area contributed by atoms with Crippen LogP contribution in [-0.4, -0.2) is 61.0 Å². The molecule has 146 valence electrons. The molecule has 0 fully saturated rings. The van der Waals surface area contributed by atoms with Gasteiger partial charge in [0.15, 0.2) is 0 Å². The minimum atomic E-state index is -0.263. The molecule has 0 N–H and O–H groups in total. The van der Waals surface area contributed by atoms with E-state index in [0.29, 0.717) is 31.1 Å². The number of halogens is 1. The molecule has 1 rings (SSSR count). The van der Waals surface area contributed by atoms with Gasteiger partial charge in [-0.15, -0.1) is 0 Å². The number of esters is 1. The molecule has 0 aliphatic rings. The Bertz CT molecular complexity index is 544. The fraction of sp³-hybridized carbons (Fsp3) is 0.600. The molecule has 5 nitrogen and oxygen atoms in total. The maximum absolute atomic E-state index is 12.7. The van der Waals surface area contributed by atoms with Gasteiger partial charge in [0, 0.05) is 18.1 Å². The van der Waals surface area contributed by atoms with Crippen LogP contribution in [0.25, 0.3) is 0 Å². The van der Waals surface area contributed by atoms with E-state index in [1.54, 1.807) is 24.0 Å². The van der Waals surface area contributed by atoms with Crippen molar-refractivity contribution in [2.75, 3.05) is 39.3 Å². The molecule has 0 atom stereocenters. The van der Waals surface area contributed by atoms with E-state index in [-0.39, 0.29) is 18.3 Å². The molecule has 0 radical (unpaired) electrons. The van der Waals surface area contributed by atoms with Gasteiger partial charge in [0.2, 0.25) is 5.91 Å². The summed E-state index contributed by atoms with van der Waals surface area (Å²) in [6.07, 6.45) is 1.42. The summed E-state index contributed by atoms with van der Waals surface area (Å²) in [6.45, 7) is 10.4. The molecule has 1 aromatic carbocycles. The molecular formula is C20H31ClN2O3. The van der Waals surface area contributed by atoms with Crippen LogP contribution in [0.3, 0.4) is 0 Å². The Balaban J connectivity index is 2.63. The minimum absolute atomic E-state index is 0.0242. The van der Waals surface area contributed by atoms with Crippen molar-refractivity contribution in [3.63, 3.8) is 0 Å². The third-order valence-electron chi connectivity index (χ3n) is 4.31. The lowest BCUT2D eigenvalue weighted by atomic mass is 10.1. The number of amides is 1. The van der Waals surface area contributed by atoms with Crippen LogP contribution in [0.15, 0.2) is 24.3 Å². The van der Waals surface area contributed by atoms with Crippen LogP contribution in [0, 0.1) is 0 Å². The zero-order chi connectivity index (χ0) is 19.4. The van der Waals surface area contributed by atoms with Crippen molar-refractivity contribution in [1.82, 2.24) is 9.80 Å². The second-order valence-electron chi connectivity index (χ2n) is 6.12. The molecule has 0 saturated carbocycles. The zero-order valence-corrected chi connectivity index (χ0v) is 16.9. The first-order chi connectivity index (χ1) is 12.5. The van der Waals surface area contributed by atoms with E-state index >= 15 is 0 Å². The van der Waals surface area contributed by atoms with Crippen LogP contribution in [0.5, 0.6) is 0 Å². The van der Waals surface area contributed by atoms with Crippen LogP contribution in [0.2, 0.25) is 5.02 Å². The van der Waals surface area contributed by atoms with Gasteiger partial charge in [-0.2, -0.15) is 0 Å². The van der Waals surface area contributed by atoms with Crippen molar-refractivity contribution in [3.8, 4) is 0 Å². The van der Waals surface area contributed by atoms with Gasteiger partial charge in [0.05, 0.1) is 19.4 Å². The van der Waals surface area contributed by atoms with Crippen molar-refractivity contribution in [2.45, 2.75) is 40.0 Å². The summed E-state index contributed by atoms with van der Waals surface area (Å²) in [7, 11) is 0. The summed E-state index contributed by atoms with van der Waals surface area (Å²) in [6, 6.07) is 7.29. The van der Waals surface area contributed by atoms with Crippen molar-refractivity contribution < 1.29 is 14.3 Å². The fourth-order valence-corrected chi connectivity index (χ4v) is 2.86. The normalized spacial score (nSPS) is 10.8. The zero-order valence-electron chi connectivity index (χ0n) is 16.2. The smallest absolute Gasteiger partial charge is 0.307 e. The van der Waals surface area contributed by atoms with E-state index in [4.69, 9.17) is 16.3 Å². The number of carbonyl (C=O) groups is 2. The monoisotopic (exact) mass is 382 g/mol. The number of rotatable bonds is 12. The lowest BCUT2D eigenvalue weighted by molar-refractivity contribution is -0.144. The second kappa shape index (κ2) is 12.7. The van der Waals surface area contributed by atoms with Gasteiger partial charge >= 0.3 is 5.97 Å². The highest BCUT2D eigenvalue weighted by Crippen LogP contribution is 2.11. The van der Waals surface area contributed by atoms with Crippen LogP contribution >= 0.6 is 11.6 Å². The minimum Gasteiger partial charge on any atom is -0.466 e. The summed E-state index contributed by atoms with van der Waals surface area (Å²) in [5, 5.41) is 0.652. The summed E-state index contributed by atoms with van der Waals surface area (Å²) in [4.78, 5) is 28.5. The third-order valence-corrected chi connectivity index (χ3v) is 4.56. The molecule has 0 aliphatic heterocycles. The highest BCUT2D eigenvalue weighted by molar-refractivity contribution is 6.30. The van der Waals surface area contributed by atoms with E-state index in [1.165, 1.54) is 0 Å². The van der Waals surface area contributed by atoms with E-state index in [1.807, 2.05) is 12.1 Å². The van der Waals surface area contributed by atoms with E-state index < -0.39 is 0 Å². The highest BCUT2D eigenvalue weighted by Gasteiger charge is 2.16. The van der Waals surface area contributed by atoms with E-state index in [0.717, 1.165) is 31.6 Å². The quantitative estimate of drug-likeness (QED) is 0.520. The topological polar surface area (TPSA) is 49.9 Å². The predicted molar refractivity (Wildman–Crippen MR) is 105 cm³/mol. The van der Waals surface area contributed by atoms with E-state index in [2.05, 4.69) is 18.7 Å². The molecule has 0 unspecified atom stereocenters. The third kappa shape index (κ3) is 8.68. The highest BCUT2D eigenvalue weighted by atomic mass is 35.5. The Morgan fingerprint density at radius 2 is 1.65 bits per heavy atom. The van der Waals surface area contributed by atoms with Crippen molar-refractivity contribution in [1.29, 1.82) is 0 Å². The molecule has 0 aromatic heterocycles. The Morgan fingerprint density at radius 3 is 2.23 bits per heavy atom. The van der Waals surface area contributed by atoms with Gasteiger partial charge < -0.3 is 14.5 Å². The van der Waals surface area contributed by atoms with E-state index in [9.17, 15) is 9.59 Å². The molecule has 26 heavy (non-hydrogen) atoms. The van der Waals surface area contributed by atoms with Crippen LogP contribution < -0.4 is 0 Å². The molecule has 1 aromatic rings. The number of hydrogen-bond acceptors (Lipinski definition) is 4. The van der Waals surface area contributed by atoms with Crippen LogP contribution in [0.4, 0.5) is 0 Å². The molecule has 0 saturated heterocycles. The largest absolute Gasteiger partial charge is 0.466 e. The van der Waals surface area contributed by atoms with Crippen molar-refractivity contribution in [3.05, 3.63) is 34.9 Å². The van der Waals surface area contributed by atoms with Crippen LogP contribution in [0.1, 0.15) is 39.2 Å². The number of nitrogens with zero attached hydrogens (tertiary/aromatic N) is 2. The van der Waals surface area contributed by atoms with Gasteiger partial charge in [0.1, 0.15) is 0 Å². The summed E-state index contributed by atoms with van der Waals surface area (Å²) in [5.74, 6) is -0.239.